The lowest BCUT2D eigenvalue weighted by atomic mass is 10.1. The van der Waals surface area contributed by atoms with Gasteiger partial charge in [-0.25, -0.2) is 0 Å². The van der Waals surface area contributed by atoms with Gasteiger partial charge in [-0.3, -0.25) is 19.4 Å². The fourth-order valence-corrected chi connectivity index (χ4v) is 10.2. The quantitative estimate of drug-likeness (QED) is 0.133. The molecule has 53 heavy (non-hydrogen) atoms. The third-order valence-electron chi connectivity index (χ3n) is 10.4. The zero-order valence-corrected chi connectivity index (χ0v) is 31.8. The van der Waals surface area contributed by atoms with Gasteiger partial charge in [-0.15, -0.1) is 0 Å². The Morgan fingerprint density at radius 3 is 2.04 bits per heavy atom. The molecule has 2 fully saturated rings. The molecule has 3 atom stereocenters. The number of carbonyl (C=O) groups is 3. The van der Waals surface area contributed by atoms with E-state index in [-0.39, 0.29) is 43.6 Å². The van der Waals surface area contributed by atoms with Crippen molar-refractivity contribution in [2.75, 3.05) is 70.9 Å². The Balaban J connectivity index is 1.05. The molecule has 2 saturated heterocycles. The number of hydrogen-bond donors (Lipinski definition) is 2. The summed E-state index contributed by atoms with van der Waals surface area (Å²) in [6, 6.07) is 5.97. The van der Waals surface area contributed by atoms with Crippen LogP contribution in [0.15, 0.2) is 52.6 Å². The van der Waals surface area contributed by atoms with Crippen LogP contribution in [0.3, 0.4) is 0 Å². The molecule has 4 aliphatic rings. The first-order valence-electron chi connectivity index (χ1n) is 18.2. The van der Waals surface area contributed by atoms with Crippen molar-refractivity contribution >= 4 is 42.5 Å². The fraction of sp³-hybridized carbons (Fsp3) is 0.487. The molecule has 0 saturated carbocycles. The van der Waals surface area contributed by atoms with Gasteiger partial charge in [0.2, 0.25) is 5.91 Å². The molecule has 4 aliphatic heterocycles. The normalized spacial score (nSPS) is 21.7. The number of aliphatic hydroxyl groups excluding tert-OH is 1. The number of fused-ring (bicyclic) bond motifs is 4. The van der Waals surface area contributed by atoms with Crippen LogP contribution >= 0.6 is 7.14 Å². The number of carbonyl (C=O) groups excluding carboxylic acids is 3. The lowest BCUT2D eigenvalue weighted by Gasteiger charge is -2.21. The van der Waals surface area contributed by atoms with Crippen molar-refractivity contribution < 1.29 is 43.0 Å². The third-order valence-corrected chi connectivity index (χ3v) is 13.8. The van der Waals surface area contributed by atoms with Crippen molar-refractivity contribution in [2.45, 2.75) is 58.0 Å². The van der Waals surface area contributed by atoms with Crippen molar-refractivity contribution in [1.82, 2.24) is 9.80 Å². The number of ether oxygens (including phenoxy) is 4. The van der Waals surface area contributed by atoms with Gasteiger partial charge in [0.25, 0.3) is 11.8 Å². The third kappa shape index (κ3) is 8.16. The second-order valence-corrected chi connectivity index (χ2v) is 17.3. The minimum atomic E-state index is -2.70. The van der Waals surface area contributed by atoms with Gasteiger partial charge in [-0.2, -0.15) is 0 Å². The van der Waals surface area contributed by atoms with Crippen LogP contribution in [0.25, 0.3) is 0 Å². The number of benzene rings is 2. The number of anilines is 1. The van der Waals surface area contributed by atoms with E-state index in [0.717, 1.165) is 12.0 Å². The number of aliphatic imine (C=N–C) groups is 1. The summed E-state index contributed by atoms with van der Waals surface area (Å²) >= 11 is 0. The number of allylic oxidation sites excluding steroid dienone is 2. The summed E-state index contributed by atoms with van der Waals surface area (Å²) in [5.41, 5.74) is 3.95. The highest BCUT2D eigenvalue weighted by molar-refractivity contribution is 7.63. The van der Waals surface area contributed by atoms with E-state index in [1.807, 2.05) is 37.1 Å². The summed E-state index contributed by atoms with van der Waals surface area (Å²) in [7, 11) is 0.320. The van der Waals surface area contributed by atoms with Gasteiger partial charge in [0.15, 0.2) is 23.0 Å². The van der Waals surface area contributed by atoms with E-state index in [0.29, 0.717) is 103 Å². The molecule has 6 rings (SSSR count). The number of rotatable bonds is 15. The van der Waals surface area contributed by atoms with Crippen molar-refractivity contribution in [3.05, 3.63) is 58.7 Å². The van der Waals surface area contributed by atoms with Crippen molar-refractivity contribution in [1.29, 1.82) is 0 Å². The van der Waals surface area contributed by atoms with Crippen molar-refractivity contribution in [2.24, 2.45) is 4.99 Å². The average Bonchev–Trinajstić information content (AvgIpc) is 3.76. The second kappa shape index (κ2) is 16.6. The maximum atomic E-state index is 14.1. The Morgan fingerprint density at radius 2 is 1.40 bits per heavy atom. The summed E-state index contributed by atoms with van der Waals surface area (Å²) in [5.74, 6) is 1.04. The molecule has 0 bridgehead atoms. The van der Waals surface area contributed by atoms with Gasteiger partial charge >= 0.3 is 0 Å². The molecule has 13 nitrogen and oxygen atoms in total. The fourth-order valence-electron chi connectivity index (χ4n) is 7.42. The summed E-state index contributed by atoms with van der Waals surface area (Å²) < 4.78 is 37.4. The Morgan fingerprint density at radius 1 is 0.811 bits per heavy atom. The number of hydrogen-bond acceptors (Lipinski definition) is 10. The number of nitrogens with zero attached hydrogens (tertiary/aromatic N) is 3. The summed E-state index contributed by atoms with van der Waals surface area (Å²) in [6.45, 7) is 5.33. The van der Waals surface area contributed by atoms with Crippen LogP contribution in [0.5, 0.6) is 23.0 Å². The largest absolute Gasteiger partial charge is 0.493 e. The maximum absolute atomic E-state index is 14.1. The van der Waals surface area contributed by atoms with E-state index in [9.17, 15) is 24.1 Å². The van der Waals surface area contributed by atoms with E-state index < -0.39 is 13.2 Å². The van der Waals surface area contributed by atoms with Crippen LogP contribution in [-0.2, 0) is 9.36 Å². The van der Waals surface area contributed by atoms with Gasteiger partial charge < -0.3 is 43.7 Å². The predicted molar refractivity (Wildman–Crippen MR) is 203 cm³/mol. The lowest BCUT2D eigenvalue weighted by molar-refractivity contribution is -0.119. The highest BCUT2D eigenvalue weighted by Crippen LogP contribution is 2.48. The first-order valence-corrected chi connectivity index (χ1v) is 20.5. The summed E-state index contributed by atoms with van der Waals surface area (Å²) in [4.78, 5) is 48.0. The molecule has 4 heterocycles. The molecule has 0 aliphatic carbocycles. The average molecular weight is 749 g/mol. The minimum absolute atomic E-state index is 0.0536. The molecule has 3 amide bonds. The molecule has 0 spiro atoms. The van der Waals surface area contributed by atoms with Crippen LogP contribution < -0.4 is 24.3 Å². The number of amides is 3. The molecule has 284 valence electrons. The minimum Gasteiger partial charge on any atom is -0.493 e. The Bertz CT molecular complexity index is 1890. The molecule has 2 aromatic rings. The monoisotopic (exact) mass is 748 g/mol. The zero-order chi connectivity index (χ0) is 37.7. The van der Waals surface area contributed by atoms with Crippen LogP contribution in [0.2, 0.25) is 0 Å². The standard InChI is InChI=1S/C39H49N4O9P/c1-5-25-16-27-22-40-30-20-35(33(49-3)18-28(30)38(46)42(27)23-25)51-11-8-14-53(48,13-7-10-44)15-9-12-52-36-21-31-29(19-34(36)50-4)39(47)43-24-26(6-2)17-32(43)37(45)41-31/h5-6,18-22,27,32,44H,7-17,23-24H2,1-4H3,(H,41,45)/b25-5+,26-6+/t27-,32-,53?/m0/s1. The van der Waals surface area contributed by atoms with Gasteiger partial charge in [0, 0.05) is 56.5 Å². The van der Waals surface area contributed by atoms with E-state index in [4.69, 9.17) is 18.9 Å². The highest BCUT2D eigenvalue weighted by Gasteiger charge is 2.41. The molecule has 0 radical (unpaired) electrons. The van der Waals surface area contributed by atoms with E-state index in [1.54, 1.807) is 29.2 Å². The lowest BCUT2D eigenvalue weighted by Crippen LogP contribution is -2.40. The van der Waals surface area contributed by atoms with Gasteiger partial charge in [-0.1, -0.05) is 23.3 Å². The Hall–Kier alpha value is -4.61. The molecular weight excluding hydrogens is 699 g/mol. The SMILES string of the molecule is C/C=C1\C[C@H]2C=Nc3cc(OCCCP(=O)(CCCO)CCCOc4cc5c(cc4OC)C(=O)N4C/C(=C/C)C[C@H]4C(=O)N5)c(OC)cc3C(=O)N2C1. The molecule has 14 heteroatoms. The van der Waals surface area contributed by atoms with Crippen LogP contribution in [0, 0.1) is 0 Å². The molecule has 2 N–H and O–H groups in total. The highest BCUT2D eigenvalue weighted by atomic mass is 31.2. The summed E-state index contributed by atoms with van der Waals surface area (Å²) in [6.07, 6.45) is 9.73. The van der Waals surface area contributed by atoms with Gasteiger partial charge in [0.05, 0.1) is 63.1 Å². The smallest absolute Gasteiger partial charge is 0.257 e. The topological polar surface area (TPSA) is 156 Å². The van der Waals surface area contributed by atoms with Crippen molar-refractivity contribution in [3.63, 3.8) is 0 Å². The van der Waals surface area contributed by atoms with Crippen LogP contribution in [0.1, 0.15) is 66.7 Å². The summed E-state index contributed by atoms with van der Waals surface area (Å²) in [5, 5.41) is 12.4. The van der Waals surface area contributed by atoms with Gasteiger partial charge in [0.1, 0.15) is 6.04 Å². The Kier molecular flexibility index (Phi) is 11.9. The van der Waals surface area contributed by atoms with Crippen molar-refractivity contribution in [3.8, 4) is 23.0 Å². The molecule has 1 unspecified atom stereocenters. The number of methoxy groups -OCH3 is 2. The maximum Gasteiger partial charge on any atom is 0.257 e. The molecular formula is C39H49N4O9P. The predicted octanol–water partition coefficient (Wildman–Crippen LogP) is 5.68. The van der Waals surface area contributed by atoms with Crippen LogP contribution in [0.4, 0.5) is 11.4 Å². The Labute approximate surface area is 310 Å². The first kappa shape index (κ1) is 38.1. The molecule has 2 aromatic carbocycles. The van der Waals surface area contributed by atoms with Crippen LogP contribution in [-0.4, -0.2) is 117 Å². The second-order valence-electron chi connectivity index (χ2n) is 13.8. The van der Waals surface area contributed by atoms with E-state index in [1.165, 1.54) is 19.8 Å². The van der Waals surface area contributed by atoms with Gasteiger partial charge in [-0.05, 0) is 58.1 Å². The first-order chi connectivity index (χ1) is 25.6. The molecule has 0 aromatic heterocycles. The number of nitrogens with one attached hydrogen (secondary N) is 1. The van der Waals surface area contributed by atoms with E-state index in [2.05, 4.69) is 10.3 Å². The number of aliphatic hydroxyl groups is 1. The van der Waals surface area contributed by atoms with E-state index >= 15 is 0 Å². The zero-order valence-electron chi connectivity index (χ0n) is 30.9.